The number of primary amides is 1. The number of amides is 2. The third-order valence-electron chi connectivity index (χ3n) is 4.27. The van der Waals surface area contributed by atoms with Crippen molar-refractivity contribution in [3.05, 3.63) is 59.2 Å². The Labute approximate surface area is 195 Å². The molecule has 35 heavy (non-hydrogen) atoms. The Morgan fingerprint density at radius 2 is 1.60 bits per heavy atom. The number of aliphatic hydroxyl groups excluding tert-OH is 1. The van der Waals surface area contributed by atoms with Gasteiger partial charge in [-0.25, -0.2) is 0 Å². The van der Waals surface area contributed by atoms with E-state index in [1.54, 1.807) is 0 Å². The van der Waals surface area contributed by atoms with Crippen LogP contribution in [-0.2, 0) is 4.79 Å². The summed E-state index contributed by atoms with van der Waals surface area (Å²) in [6.07, 6.45) is -9.40. The highest BCUT2D eigenvalue weighted by atomic mass is 19.4. The molecule has 0 bridgehead atoms. The topological polar surface area (TPSA) is 111 Å². The smallest absolute Gasteiger partial charge is 0.493 e. The van der Waals surface area contributed by atoms with E-state index in [0.29, 0.717) is 0 Å². The Hall–Kier alpha value is -3.74. The summed E-state index contributed by atoms with van der Waals surface area (Å²) in [5.74, 6) is -2.37. The van der Waals surface area contributed by atoms with E-state index < -0.39 is 49.7 Å². The van der Waals surface area contributed by atoms with E-state index in [-0.39, 0.29) is 34.6 Å². The number of carbonyl (C=O) groups excluding carboxylic acids is 2. The van der Waals surface area contributed by atoms with Crippen molar-refractivity contribution in [1.29, 1.82) is 0 Å². The number of rotatable bonds is 10. The van der Waals surface area contributed by atoms with Crippen molar-refractivity contribution in [3.63, 3.8) is 0 Å². The van der Waals surface area contributed by atoms with Crippen LogP contribution in [0.5, 0.6) is 11.5 Å². The Balaban J connectivity index is 2.49. The molecule has 2 aromatic rings. The van der Waals surface area contributed by atoms with Gasteiger partial charge in [-0.15, -0.1) is 13.2 Å². The highest BCUT2D eigenvalue weighted by molar-refractivity contribution is 6.26. The fourth-order valence-electron chi connectivity index (χ4n) is 2.80. The molecule has 0 fully saturated rings. The van der Waals surface area contributed by atoms with Crippen molar-refractivity contribution in [2.75, 3.05) is 19.8 Å². The van der Waals surface area contributed by atoms with Gasteiger partial charge in [0.25, 0.3) is 5.91 Å². The van der Waals surface area contributed by atoms with Gasteiger partial charge >= 0.3 is 12.5 Å². The SMILES string of the molecule is NC(=O)c1ccc(OCCC(F)(F)F)cc1/C(=C/c1ccc(OC(F)(F)F)cc1)C(=O)NCCO. The first kappa shape index (κ1) is 27.5. The van der Waals surface area contributed by atoms with Crippen molar-refractivity contribution >= 4 is 23.5 Å². The van der Waals surface area contributed by atoms with Crippen LogP contribution in [0, 0.1) is 0 Å². The highest BCUT2D eigenvalue weighted by Gasteiger charge is 2.31. The summed E-state index contributed by atoms with van der Waals surface area (Å²) in [7, 11) is 0. The lowest BCUT2D eigenvalue weighted by Gasteiger charge is -2.15. The van der Waals surface area contributed by atoms with E-state index in [1.807, 2.05) is 0 Å². The predicted octanol–water partition coefficient (Wildman–Crippen LogP) is 3.66. The number of hydrogen-bond acceptors (Lipinski definition) is 5. The van der Waals surface area contributed by atoms with Crippen molar-refractivity contribution in [3.8, 4) is 11.5 Å². The molecule has 0 aliphatic carbocycles. The van der Waals surface area contributed by atoms with Crippen molar-refractivity contribution in [1.82, 2.24) is 5.32 Å². The minimum Gasteiger partial charge on any atom is -0.493 e. The number of hydrogen-bond donors (Lipinski definition) is 3. The van der Waals surface area contributed by atoms with Crippen LogP contribution < -0.4 is 20.5 Å². The van der Waals surface area contributed by atoms with Gasteiger partial charge in [0.1, 0.15) is 11.5 Å². The van der Waals surface area contributed by atoms with Gasteiger partial charge in [0.05, 0.1) is 19.6 Å². The summed E-state index contributed by atoms with van der Waals surface area (Å²) in [4.78, 5) is 24.7. The molecule has 0 unspecified atom stereocenters. The zero-order chi connectivity index (χ0) is 26.2. The van der Waals surface area contributed by atoms with E-state index in [4.69, 9.17) is 15.6 Å². The van der Waals surface area contributed by atoms with Crippen LogP contribution in [0.2, 0.25) is 0 Å². The van der Waals surface area contributed by atoms with Crippen LogP contribution in [0.1, 0.15) is 27.9 Å². The molecule has 0 heterocycles. The summed E-state index contributed by atoms with van der Waals surface area (Å²) in [6.45, 7) is -1.33. The molecule has 0 aromatic heterocycles. The van der Waals surface area contributed by atoms with E-state index in [2.05, 4.69) is 10.1 Å². The van der Waals surface area contributed by atoms with Crippen LogP contribution in [0.15, 0.2) is 42.5 Å². The molecule has 7 nitrogen and oxygen atoms in total. The Bertz CT molecular complexity index is 1070. The molecule has 2 amide bonds. The summed E-state index contributed by atoms with van der Waals surface area (Å²) in [5.41, 5.74) is 5.11. The number of nitrogens with two attached hydrogens (primary N) is 1. The Morgan fingerprint density at radius 1 is 0.971 bits per heavy atom. The van der Waals surface area contributed by atoms with Gasteiger partial charge in [-0.05, 0) is 42.0 Å². The second-order valence-corrected chi connectivity index (χ2v) is 6.94. The quantitative estimate of drug-likeness (QED) is 0.259. The molecule has 190 valence electrons. The van der Waals surface area contributed by atoms with E-state index in [0.717, 1.165) is 24.3 Å². The third-order valence-corrected chi connectivity index (χ3v) is 4.27. The van der Waals surface area contributed by atoms with Gasteiger partial charge < -0.3 is 25.6 Å². The van der Waals surface area contributed by atoms with Crippen LogP contribution in [-0.4, -0.2) is 49.2 Å². The molecule has 2 rings (SSSR count). The van der Waals surface area contributed by atoms with Crippen LogP contribution in [0.4, 0.5) is 26.3 Å². The van der Waals surface area contributed by atoms with Gasteiger partial charge in [0.2, 0.25) is 5.91 Å². The lowest BCUT2D eigenvalue weighted by atomic mass is 9.96. The van der Waals surface area contributed by atoms with Gasteiger partial charge in [0, 0.05) is 23.2 Å². The Morgan fingerprint density at radius 3 is 2.14 bits per heavy atom. The van der Waals surface area contributed by atoms with Crippen LogP contribution in [0.3, 0.4) is 0 Å². The highest BCUT2D eigenvalue weighted by Crippen LogP contribution is 2.29. The molecule has 0 saturated carbocycles. The Kier molecular flexibility index (Phi) is 9.12. The zero-order valence-corrected chi connectivity index (χ0v) is 17.9. The third kappa shape index (κ3) is 9.20. The average Bonchev–Trinajstić information content (AvgIpc) is 2.74. The monoisotopic (exact) mass is 506 g/mol. The standard InChI is InChI=1S/C22H20F6N2O5/c23-21(24,25)7-10-34-15-5-6-16(19(29)32)17(12-15)18(20(33)30-8-9-31)11-13-1-3-14(4-2-13)35-22(26,27)28/h1-6,11-12,31H,7-10H2,(H2,29,32)(H,30,33)/b18-11-. The first-order valence-electron chi connectivity index (χ1n) is 9.89. The second kappa shape index (κ2) is 11.6. The molecule has 0 saturated heterocycles. The lowest BCUT2D eigenvalue weighted by Crippen LogP contribution is -2.28. The van der Waals surface area contributed by atoms with Crippen molar-refractivity contribution in [2.45, 2.75) is 19.0 Å². The van der Waals surface area contributed by atoms with Gasteiger partial charge in [-0.3, -0.25) is 9.59 Å². The normalized spacial score (nSPS) is 12.3. The minimum absolute atomic E-state index is 0.0935. The maximum atomic E-state index is 12.8. The molecule has 0 atom stereocenters. The number of aliphatic hydroxyl groups is 1. The average molecular weight is 506 g/mol. The molecular formula is C22H20F6N2O5. The van der Waals surface area contributed by atoms with E-state index in [1.165, 1.54) is 24.3 Å². The maximum Gasteiger partial charge on any atom is 0.573 e. The largest absolute Gasteiger partial charge is 0.573 e. The van der Waals surface area contributed by atoms with Crippen molar-refractivity contribution < 1.29 is 50.5 Å². The fraction of sp³-hybridized carbons (Fsp3) is 0.273. The summed E-state index contributed by atoms with van der Waals surface area (Å²) >= 11 is 0. The molecule has 0 radical (unpaired) electrons. The number of carbonyl (C=O) groups is 2. The first-order valence-corrected chi connectivity index (χ1v) is 9.89. The zero-order valence-electron chi connectivity index (χ0n) is 17.9. The number of halogens is 6. The maximum absolute atomic E-state index is 12.8. The van der Waals surface area contributed by atoms with E-state index >= 15 is 0 Å². The van der Waals surface area contributed by atoms with Crippen molar-refractivity contribution in [2.24, 2.45) is 5.73 Å². The van der Waals surface area contributed by atoms with E-state index in [9.17, 15) is 35.9 Å². The molecular weight excluding hydrogens is 486 g/mol. The molecule has 0 aliphatic rings. The fourth-order valence-corrected chi connectivity index (χ4v) is 2.80. The number of alkyl halides is 6. The minimum atomic E-state index is -4.91. The summed E-state index contributed by atoms with van der Waals surface area (Å²) in [5, 5.41) is 11.4. The van der Waals surface area contributed by atoms with Crippen LogP contribution >= 0.6 is 0 Å². The predicted molar refractivity (Wildman–Crippen MR) is 112 cm³/mol. The molecule has 2 aromatic carbocycles. The van der Waals surface area contributed by atoms with Gasteiger partial charge in [-0.1, -0.05) is 12.1 Å². The summed E-state index contributed by atoms with van der Waals surface area (Å²) in [6, 6.07) is 7.90. The second-order valence-electron chi connectivity index (χ2n) is 6.94. The first-order chi connectivity index (χ1) is 16.3. The number of benzene rings is 2. The van der Waals surface area contributed by atoms with Gasteiger partial charge in [-0.2, -0.15) is 13.2 Å². The van der Waals surface area contributed by atoms with Crippen LogP contribution in [0.25, 0.3) is 11.6 Å². The number of ether oxygens (including phenoxy) is 2. The van der Waals surface area contributed by atoms with Gasteiger partial charge in [0.15, 0.2) is 0 Å². The molecule has 0 spiro atoms. The molecule has 4 N–H and O–H groups in total. The number of nitrogens with one attached hydrogen (secondary N) is 1. The lowest BCUT2D eigenvalue weighted by molar-refractivity contribution is -0.274. The molecule has 13 heteroatoms. The summed E-state index contributed by atoms with van der Waals surface area (Å²) < 4.78 is 83.3. The molecule has 0 aliphatic heterocycles.